The number of alkyl halides is 2. The lowest BCUT2D eigenvalue weighted by molar-refractivity contribution is -0.140. The van der Waals surface area contributed by atoms with Crippen molar-refractivity contribution in [2.45, 2.75) is 51.5 Å². The normalized spacial score (nSPS) is 20.0. The standard InChI is InChI=1S/C12H18F2N2O/c1-9(2)16(8-7-15)11(17)10-3-5-12(13,14)6-4-10/h9-10H,3-6,8H2,1-2H3. The van der Waals surface area contributed by atoms with Crippen LogP contribution in [0.5, 0.6) is 0 Å². The first kappa shape index (κ1) is 13.9. The van der Waals surface area contributed by atoms with Crippen molar-refractivity contribution in [1.29, 1.82) is 5.26 Å². The first-order valence-corrected chi connectivity index (χ1v) is 5.92. The maximum atomic E-state index is 13.0. The van der Waals surface area contributed by atoms with Crippen molar-refractivity contribution in [2.24, 2.45) is 5.92 Å². The lowest BCUT2D eigenvalue weighted by Crippen LogP contribution is -2.43. The zero-order valence-corrected chi connectivity index (χ0v) is 10.2. The van der Waals surface area contributed by atoms with Crippen molar-refractivity contribution in [1.82, 2.24) is 4.90 Å². The minimum absolute atomic E-state index is 0.0311. The lowest BCUT2D eigenvalue weighted by atomic mass is 9.85. The summed E-state index contributed by atoms with van der Waals surface area (Å²) in [6.07, 6.45) is 0.00472. The Bertz CT molecular complexity index is 313. The third-order valence-electron chi connectivity index (χ3n) is 3.21. The van der Waals surface area contributed by atoms with Crippen LogP contribution < -0.4 is 0 Å². The number of carbonyl (C=O) groups is 1. The number of hydrogen-bond acceptors (Lipinski definition) is 2. The molecule has 1 saturated carbocycles. The van der Waals surface area contributed by atoms with Crippen LogP contribution in [-0.4, -0.2) is 29.3 Å². The average Bonchev–Trinajstić information content (AvgIpc) is 2.24. The molecule has 0 aromatic heterocycles. The number of halogens is 2. The molecule has 1 rings (SSSR count). The van der Waals surface area contributed by atoms with Crippen LogP contribution in [0, 0.1) is 17.2 Å². The Labute approximate surface area is 100 Å². The van der Waals surface area contributed by atoms with Gasteiger partial charge in [-0.25, -0.2) is 8.78 Å². The van der Waals surface area contributed by atoms with Crippen molar-refractivity contribution in [3.63, 3.8) is 0 Å². The Hall–Kier alpha value is -1.18. The van der Waals surface area contributed by atoms with Gasteiger partial charge >= 0.3 is 0 Å². The first-order chi connectivity index (χ1) is 7.87. The van der Waals surface area contributed by atoms with Gasteiger partial charge in [0.2, 0.25) is 11.8 Å². The number of carbonyl (C=O) groups excluding carboxylic acids is 1. The minimum atomic E-state index is -2.62. The summed E-state index contributed by atoms with van der Waals surface area (Å²) in [5.41, 5.74) is 0. The molecular weight excluding hydrogens is 226 g/mol. The van der Waals surface area contributed by atoms with E-state index >= 15 is 0 Å². The van der Waals surface area contributed by atoms with Gasteiger partial charge in [0, 0.05) is 24.8 Å². The van der Waals surface area contributed by atoms with Crippen molar-refractivity contribution in [3.8, 4) is 6.07 Å². The van der Waals surface area contributed by atoms with E-state index in [1.165, 1.54) is 4.90 Å². The highest BCUT2D eigenvalue weighted by atomic mass is 19.3. The zero-order valence-electron chi connectivity index (χ0n) is 10.2. The lowest BCUT2D eigenvalue weighted by Gasteiger charge is -2.32. The largest absolute Gasteiger partial charge is 0.327 e. The predicted molar refractivity (Wildman–Crippen MR) is 59.4 cm³/mol. The molecule has 0 N–H and O–H groups in total. The summed E-state index contributed by atoms with van der Waals surface area (Å²) in [5, 5.41) is 8.65. The van der Waals surface area contributed by atoms with Gasteiger partial charge in [0.15, 0.2) is 0 Å². The molecule has 0 aromatic rings. The highest BCUT2D eigenvalue weighted by Gasteiger charge is 2.38. The molecule has 0 unspecified atom stereocenters. The molecule has 5 heteroatoms. The van der Waals surface area contributed by atoms with E-state index in [2.05, 4.69) is 0 Å². The molecule has 0 bridgehead atoms. The van der Waals surface area contributed by atoms with Crippen LogP contribution in [0.15, 0.2) is 0 Å². The fourth-order valence-corrected chi connectivity index (χ4v) is 2.11. The van der Waals surface area contributed by atoms with Crippen molar-refractivity contribution in [3.05, 3.63) is 0 Å². The van der Waals surface area contributed by atoms with E-state index in [1.807, 2.05) is 19.9 Å². The second-order valence-electron chi connectivity index (χ2n) is 4.85. The van der Waals surface area contributed by atoms with Gasteiger partial charge in [-0.2, -0.15) is 5.26 Å². The summed E-state index contributed by atoms with van der Waals surface area (Å²) in [6, 6.07) is 1.88. The molecule has 3 nitrogen and oxygen atoms in total. The van der Waals surface area contributed by atoms with E-state index in [4.69, 9.17) is 5.26 Å². The molecule has 0 atom stereocenters. The predicted octanol–water partition coefficient (Wildman–Crippen LogP) is 2.57. The van der Waals surface area contributed by atoms with Gasteiger partial charge in [-0.15, -0.1) is 0 Å². The Kier molecular flexibility index (Phi) is 4.44. The molecule has 1 amide bonds. The van der Waals surface area contributed by atoms with Gasteiger partial charge < -0.3 is 4.90 Å². The average molecular weight is 244 g/mol. The molecule has 96 valence electrons. The van der Waals surface area contributed by atoms with Crippen LogP contribution in [0.25, 0.3) is 0 Å². The van der Waals surface area contributed by atoms with Crippen LogP contribution in [0.1, 0.15) is 39.5 Å². The van der Waals surface area contributed by atoms with E-state index in [9.17, 15) is 13.6 Å². The summed E-state index contributed by atoms with van der Waals surface area (Å²) < 4.78 is 25.9. The summed E-state index contributed by atoms with van der Waals surface area (Å²) in [6.45, 7) is 3.68. The Balaban J connectivity index is 2.61. The first-order valence-electron chi connectivity index (χ1n) is 5.92. The minimum Gasteiger partial charge on any atom is -0.327 e. The summed E-state index contributed by atoms with van der Waals surface area (Å²) in [4.78, 5) is 13.5. The molecule has 1 aliphatic rings. The zero-order chi connectivity index (χ0) is 13.1. The molecule has 1 fully saturated rings. The van der Waals surface area contributed by atoms with Crippen LogP contribution in [0.2, 0.25) is 0 Å². The van der Waals surface area contributed by atoms with E-state index < -0.39 is 5.92 Å². The van der Waals surface area contributed by atoms with Crippen molar-refractivity contribution >= 4 is 5.91 Å². The van der Waals surface area contributed by atoms with E-state index in [-0.39, 0.29) is 50.1 Å². The van der Waals surface area contributed by atoms with Gasteiger partial charge in [0.25, 0.3) is 0 Å². The van der Waals surface area contributed by atoms with Gasteiger partial charge in [-0.05, 0) is 26.7 Å². The molecule has 0 saturated heterocycles. The quantitative estimate of drug-likeness (QED) is 0.716. The van der Waals surface area contributed by atoms with Gasteiger partial charge in [0.1, 0.15) is 6.54 Å². The SMILES string of the molecule is CC(C)N(CC#N)C(=O)C1CCC(F)(F)CC1. The highest BCUT2D eigenvalue weighted by molar-refractivity contribution is 5.79. The summed E-state index contributed by atoms with van der Waals surface area (Å²) >= 11 is 0. The molecular formula is C12H18F2N2O. The molecule has 0 spiro atoms. The molecule has 0 heterocycles. The Morgan fingerprint density at radius 2 is 2.00 bits per heavy atom. The van der Waals surface area contributed by atoms with Gasteiger partial charge in [-0.1, -0.05) is 0 Å². The van der Waals surface area contributed by atoms with Crippen LogP contribution in [-0.2, 0) is 4.79 Å². The second kappa shape index (κ2) is 5.44. The smallest absolute Gasteiger partial charge is 0.248 e. The monoisotopic (exact) mass is 244 g/mol. The topological polar surface area (TPSA) is 44.1 Å². The van der Waals surface area contributed by atoms with Gasteiger partial charge in [0.05, 0.1) is 6.07 Å². The molecule has 0 aliphatic heterocycles. The highest BCUT2D eigenvalue weighted by Crippen LogP contribution is 2.36. The third kappa shape index (κ3) is 3.65. The number of nitriles is 1. The molecule has 1 aliphatic carbocycles. The van der Waals surface area contributed by atoms with Gasteiger partial charge in [-0.3, -0.25) is 4.79 Å². The van der Waals surface area contributed by atoms with Crippen LogP contribution in [0.3, 0.4) is 0 Å². The number of amides is 1. The molecule has 0 aromatic carbocycles. The second-order valence-corrected chi connectivity index (χ2v) is 4.85. The third-order valence-corrected chi connectivity index (χ3v) is 3.21. The Morgan fingerprint density at radius 1 is 1.47 bits per heavy atom. The van der Waals surface area contributed by atoms with E-state index in [1.54, 1.807) is 0 Å². The Morgan fingerprint density at radius 3 is 2.41 bits per heavy atom. The van der Waals surface area contributed by atoms with Crippen LogP contribution in [0.4, 0.5) is 8.78 Å². The van der Waals surface area contributed by atoms with Crippen molar-refractivity contribution in [2.75, 3.05) is 6.54 Å². The van der Waals surface area contributed by atoms with Crippen molar-refractivity contribution < 1.29 is 13.6 Å². The maximum absolute atomic E-state index is 13.0. The number of rotatable bonds is 3. The van der Waals surface area contributed by atoms with E-state index in [0.717, 1.165) is 0 Å². The number of hydrogen-bond donors (Lipinski definition) is 0. The number of nitrogens with zero attached hydrogens (tertiary/aromatic N) is 2. The molecule has 17 heavy (non-hydrogen) atoms. The fraction of sp³-hybridized carbons (Fsp3) is 0.833. The fourth-order valence-electron chi connectivity index (χ4n) is 2.11. The van der Waals surface area contributed by atoms with E-state index in [0.29, 0.717) is 0 Å². The summed E-state index contributed by atoms with van der Waals surface area (Å²) in [7, 11) is 0. The van der Waals surface area contributed by atoms with Crippen LogP contribution >= 0.6 is 0 Å². The summed E-state index contributed by atoms with van der Waals surface area (Å²) in [5.74, 6) is -3.11. The maximum Gasteiger partial charge on any atom is 0.248 e. The molecule has 0 radical (unpaired) electrons.